The Morgan fingerprint density at radius 1 is 1.06 bits per heavy atom. The van der Waals surface area contributed by atoms with Gasteiger partial charge in [-0.25, -0.2) is 0 Å². The van der Waals surface area contributed by atoms with Gasteiger partial charge in [0.05, 0.1) is 0 Å². The first-order valence-corrected chi connectivity index (χ1v) is 8.70. The van der Waals surface area contributed by atoms with Gasteiger partial charge in [-0.2, -0.15) is 11.8 Å². The minimum atomic E-state index is 0.837. The van der Waals surface area contributed by atoms with Crippen molar-refractivity contribution in [2.45, 2.75) is 77.0 Å². The van der Waals surface area contributed by atoms with E-state index in [1.54, 1.807) is 0 Å². The van der Waals surface area contributed by atoms with E-state index in [9.17, 15) is 0 Å². The van der Waals surface area contributed by atoms with Gasteiger partial charge in [0.25, 0.3) is 0 Å². The van der Waals surface area contributed by atoms with Gasteiger partial charge in [-0.1, -0.05) is 52.9 Å². The second kappa shape index (κ2) is 9.27. The van der Waals surface area contributed by atoms with Crippen molar-refractivity contribution in [2.24, 2.45) is 0 Å². The smallest absolute Gasteiger partial charge is 0.0209 e. The summed E-state index contributed by atoms with van der Waals surface area (Å²) < 4.78 is 0. The van der Waals surface area contributed by atoms with Gasteiger partial charge in [-0.15, -0.1) is 0 Å². The summed E-state index contributed by atoms with van der Waals surface area (Å²) in [6, 6.07) is 0.837. The molecule has 0 spiro atoms. The van der Waals surface area contributed by atoms with Crippen LogP contribution < -0.4 is 0 Å². The van der Waals surface area contributed by atoms with Crippen LogP contribution in [0.4, 0.5) is 0 Å². The summed E-state index contributed by atoms with van der Waals surface area (Å²) in [6.07, 6.45) is 9.85. The minimum absolute atomic E-state index is 0.837. The number of nitrogens with zero attached hydrogens (tertiary/aromatic N) is 1. The summed E-state index contributed by atoms with van der Waals surface area (Å²) in [5, 5.41) is 0.842. The van der Waals surface area contributed by atoms with E-state index in [1.165, 1.54) is 63.8 Å². The summed E-state index contributed by atoms with van der Waals surface area (Å²) in [5.41, 5.74) is 0. The SMILES string of the molecule is CCCCCCCCN1CCSC(C)C1CC. The molecule has 0 radical (unpaired) electrons. The zero-order chi connectivity index (χ0) is 12.5. The highest BCUT2D eigenvalue weighted by molar-refractivity contribution is 8.00. The van der Waals surface area contributed by atoms with Crippen LogP contribution in [0.25, 0.3) is 0 Å². The highest BCUT2D eigenvalue weighted by Gasteiger charge is 2.26. The van der Waals surface area contributed by atoms with E-state index in [-0.39, 0.29) is 0 Å². The molecule has 1 heterocycles. The highest BCUT2D eigenvalue weighted by Crippen LogP contribution is 2.26. The largest absolute Gasteiger partial charge is 0.298 e. The molecule has 0 aliphatic carbocycles. The molecule has 1 nitrogen and oxygen atoms in total. The van der Waals surface area contributed by atoms with Crippen LogP contribution in [0, 0.1) is 0 Å². The van der Waals surface area contributed by atoms with Crippen LogP contribution in [0.1, 0.15) is 65.7 Å². The van der Waals surface area contributed by atoms with E-state index in [4.69, 9.17) is 0 Å². The molecule has 1 aliphatic rings. The molecule has 1 aliphatic heterocycles. The van der Waals surface area contributed by atoms with E-state index < -0.39 is 0 Å². The molecule has 1 fully saturated rings. The van der Waals surface area contributed by atoms with Gasteiger partial charge in [0.1, 0.15) is 0 Å². The molecule has 2 atom stereocenters. The normalized spacial score (nSPS) is 26.3. The first-order valence-electron chi connectivity index (χ1n) is 7.65. The molecule has 0 saturated carbocycles. The maximum absolute atomic E-state index is 2.75. The highest BCUT2D eigenvalue weighted by atomic mass is 32.2. The Balaban J connectivity index is 2.12. The van der Waals surface area contributed by atoms with Gasteiger partial charge < -0.3 is 0 Å². The summed E-state index contributed by atoms with van der Waals surface area (Å²) in [7, 11) is 0. The molecule has 0 aromatic rings. The first kappa shape index (κ1) is 15.4. The molecule has 102 valence electrons. The Kier molecular flexibility index (Phi) is 8.38. The maximum Gasteiger partial charge on any atom is 0.0209 e. The number of rotatable bonds is 8. The van der Waals surface area contributed by atoms with Crippen LogP contribution >= 0.6 is 11.8 Å². The van der Waals surface area contributed by atoms with Crippen molar-refractivity contribution < 1.29 is 0 Å². The fourth-order valence-electron chi connectivity index (χ4n) is 2.89. The standard InChI is InChI=1S/C15H31NS/c1-4-6-7-8-9-10-11-16-12-13-17-14(3)15(16)5-2/h14-15H,4-13H2,1-3H3. The molecule has 0 aromatic heterocycles. The van der Waals surface area contributed by atoms with Crippen LogP contribution in [0.5, 0.6) is 0 Å². The molecule has 2 heteroatoms. The van der Waals surface area contributed by atoms with Crippen molar-refractivity contribution in [1.82, 2.24) is 4.90 Å². The van der Waals surface area contributed by atoms with E-state index in [2.05, 4.69) is 37.4 Å². The van der Waals surface area contributed by atoms with Crippen molar-refractivity contribution in [2.75, 3.05) is 18.8 Å². The van der Waals surface area contributed by atoms with Crippen LogP contribution in [0.3, 0.4) is 0 Å². The third-order valence-corrected chi connectivity index (χ3v) is 5.25. The Labute approximate surface area is 113 Å². The van der Waals surface area contributed by atoms with Gasteiger partial charge in [0, 0.05) is 23.6 Å². The zero-order valence-corrected chi connectivity index (χ0v) is 12.9. The van der Waals surface area contributed by atoms with Crippen LogP contribution in [0.15, 0.2) is 0 Å². The maximum atomic E-state index is 2.75. The summed E-state index contributed by atoms with van der Waals surface area (Å²) in [4.78, 5) is 2.75. The van der Waals surface area contributed by atoms with Crippen molar-refractivity contribution >= 4 is 11.8 Å². The number of thioether (sulfide) groups is 1. The third-order valence-electron chi connectivity index (χ3n) is 3.99. The first-order chi connectivity index (χ1) is 8.29. The average molecular weight is 257 g/mol. The van der Waals surface area contributed by atoms with E-state index >= 15 is 0 Å². The Morgan fingerprint density at radius 2 is 1.76 bits per heavy atom. The molecule has 0 N–H and O–H groups in total. The lowest BCUT2D eigenvalue weighted by Crippen LogP contribution is -2.46. The van der Waals surface area contributed by atoms with Crippen molar-refractivity contribution in [3.8, 4) is 0 Å². The molecule has 2 unspecified atom stereocenters. The van der Waals surface area contributed by atoms with Crippen molar-refractivity contribution in [1.29, 1.82) is 0 Å². The Hall–Kier alpha value is 0.310. The fourth-order valence-corrected chi connectivity index (χ4v) is 4.19. The van der Waals surface area contributed by atoms with Gasteiger partial charge in [-0.05, 0) is 19.4 Å². The number of hydrogen-bond acceptors (Lipinski definition) is 2. The summed E-state index contributed by atoms with van der Waals surface area (Å²) >= 11 is 2.16. The third kappa shape index (κ3) is 5.65. The minimum Gasteiger partial charge on any atom is -0.298 e. The fraction of sp³-hybridized carbons (Fsp3) is 1.00. The predicted molar refractivity (Wildman–Crippen MR) is 80.9 cm³/mol. The molecule has 1 saturated heterocycles. The molecular weight excluding hydrogens is 226 g/mol. The number of unbranched alkanes of at least 4 members (excludes halogenated alkanes) is 5. The molecule has 0 bridgehead atoms. The van der Waals surface area contributed by atoms with Crippen LogP contribution in [-0.4, -0.2) is 35.0 Å². The Morgan fingerprint density at radius 3 is 2.47 bits per heavy atom. The van der Waals surface area contributed by atoms with Crippen molar-refractivity contribution in [3.05, 3.63) is 0 Å². The molecule has 1 rings (SSSR count). The quantitative estimate of drug-likeness (QED) is 0.586. The summed E-state index contributed by atoms with van der Waals surface area (Å²) in [5.74, 6) is 1.34. The van der Waals surface area contributed by atoms with Gasteiger partial charge in [0.15, 0.2) is 0 Å². The lowest BCUT2D eigenvalue weighted by atomic mass is 10.1. The van der Waals surface area contributed by atoms with E-state index in [0.717, 1.165) is 11.3 Å². The lowest BCUT2D eigenvalue weighted by Gasteiger charge is -2.39. The van der Waals surface area contributed by atoms with Gasteiger partial charge >= 0.3 is 0 Å². The van der Waals surface area contributed by atoms with Gasteiger partial charge in [-0.3, -0.25) is 4.90 Å². The van der Waals surface area contributed by atoms with E-state index in [1.807, 2.05) is 0 Å². The van der Waals surface area contributed by atoms with Crippen molar-refractivity contribution in [3.63, 3.8) is 0 Å². The predicted octanol–water partition coefficient (Wildman–Crippen LogP) is 4.56. The summed E-state index contributed by atoms with van der Waals surface area (Å²) in [6.45, 7) is 9.71. The monoisotopic (exact) mass is 257 g/mol. The second-order valence-electron chi connectivity index (χ2n) is 5.36. The second-order valence-corrected chi connectivity index (χ2v) is 6.84. The zero-order valence-electron chi connectivity index (χ0n) is 12.1. The lowest BCUT2D eigenvalue weighted by molar-refractivity contribution is 0.190. The molecule has 17 heavy (non-hydrogen) atoms. The van der Waals surface area contributed by atoms with Crippen LogP contribution in [0.2, 0.25) is 0 Å². The topological polar surface area (TPSA) is 3.24 Å². The van der Waals surface area contributed by atoms with Crippen LogP contribution in [-0.2, 0) is 0 Å². The molecular formula is C15H31NS. The van der Waals surface area contributed by atoms with E-state index in [0.29, 0.717) is 0 Å². The van der Waals surface area contributed by atoms with Gasteiger partial charge in [0.2, 0.25) is 0 Å². The molecule has 0 amide bonds. The molecule has 0 aromatic carbocycles. The number of hydrogen-bond donors (Lipinski definition) is 0. The average Bonchev–Trinajstić information content (AvgIpc) is 2.34. The Bertz CT molecular complexity index is 184.